The number of carbonyl (C=O) groups excluding carboxylic acids is 1. The molecule has 1 atom stereocenters. The number of nitrogens with one attached hydrogen (secondary N) is 1. The van der Waals surface area contributed by atoms with Crippen LogP contribution in [0.3, 0.4) is 0 Å². The summed E-state index contributed by atoms with van der Waals surface area (Å²) in [6, 6.07) is 0.534. The van der Waals surface area contributed by atoms with Gasteiger partial charge in [0.15, 0.2) is 0 Å². The summed E-state index contributed by atoms with van der Waals surface area (Å²) in [5.41, 5.74) is 5.40. The van der Waals surface area contributed by atoms with Crippen LogP contribution in [0.1, 0.15) is 52.4 Å². The number of rotatable bonds is 7. The zero-order valence-corrected chi connectivity index (χ0v) is 13.6. The molecule has 3 N–H and O–H groups in total. The Bertz CT molecular complexity index is 381. The Morgan fingerprint density at radius 2 is 1.81 bits per heavy atom. The normalized spacial score (nSPS) is 27.8. The van der Waals surface area contributed by atoms with E-state index in [-0.39, 0.29) is 5.91 Å². The second-order valence-electron chi connectivity index (χ2n) is 7.89. The summed E-state index contributed by atoms with van der Waals surface area (Å²) in [4.78, 5) is 14.7. The number of hydrogen-bond donors (Lipinski definition) is 2. The van der Waals surface area contributed by atoms with Gasteiger partial charge in [0.1, 0.15) is 5.54 Å². The molecule has 2 aliphatic carbocycles. The van der Waals surface area contributed by atoms with Crippen LogP contribution in [0.15, 0.2) is 0 Å². The van der Waals surface area contributed by atoms with Gasteiger partial charge in [0, 0.05) is 12.6 Å². The van der Waals surface area contributed by atoms with Crippen LogP contribution in [-0.2, 0) is 4.79 Å². The predicted molar refractivity (Wildman–Crippen MR) is 84.8 cm³/mol. The van der Waals surface area contributed by atoms with Gasteiger partial charge in [-0.3, -0.25) is 10.1 Å². The first kappa shape index (κ1) is 15.3. The van der Waals surface area contributed by atoms with E-state index in [9.17, 15) is 4.79 Å². The second kappa shape index (κ2) is 5.88. The molecule has 21 heavy (non-hydrogen) atoms. The lowest BCUT2D eigenvalue weighted by atomic mass is 9.85. The van der Waals surface area contributed by atoms with Crippen LogP contribution in [0.4, 0.5) is 0 Å². The van der Waals surface area contributed by atoms with Crippen LogP contribution < -0.4 is 11.1 Å². The van der Waals surface area contributed by atoms with Crippen molar-refractivity contribution in [2.75, 3.05) is 19.6 Å². The minimum atomic E-state index is -0.453. The van der Waals surface area contributed by atoms with E-state index in [1.807, 2.05) is 0 Å². The van der Waals surface area contributed by atoms with Gasteiger partial charge in [0.2, 0.25) is 5.91 Å². The molecule has 3 rings (SSSR count). The highest BCUT2D eigenvalue weighted by molar-refractivity contribution is 5.86. The van der Waals surface area contributed by atoms with Crippen LogP contribution >= 0.6 is 0 Å². The summed E-state index contributed by atoms with van der Waals surface area (Å²) in [5, 5.41) is 3.63. The maximum Gasteiger partial charge on any atom is 0.239 e. The van der Waals surface area contributed by atoms with Gasteiger partial charge < -0.3 is 10.6 Å². The molecular formula is C17H31N3O. The summed E-state index contributed by atoms with van der Waals surface area (Å²) in [5.74, 6) is 1.98. The smallest absolute Gasteiger partial charge is 0.239 e. The molecule has 0 aromatic heterocycles. The maximum atomic E-state index is 12.2. The second-order valence-corrected chi connectivity index (χ2v) is 7.89. The van der Waals surface area contributed by atoms with Crippen molar-refractivity contribution in [1.29, 1.82) is 0 Å². The third-order valence-electron chi connectivity index (χ3n) is 5.80. The van der Waals surface area contributed by atoms with Crippen molar-refractivity contribution in [3.05, 3.63) is 0 Å². The van der Waals surface area contributed by atoms with Crippen molar-refractivity contribution in [2.45, 2.75) is 64.0 Å². The summed E-state index contributed by atoms with van der Waals surface area (Å²) in [6.07, 6.45) is 7.26. The van der Waals surface area contributed by atoms with E-state index in [2.05, 4.69) is 24.1 Å². The maximum absolute atomic E-state index is 12.2. The number of likely N-dealkylation sites (tertiary alicyclic amines) is 1. The number of piperidine rings is 1. The first-order chi connectivity index (χ1) is 10.0. The zero-order valence-electron chi connectivity index (χ0n) is 13.6. The van der Waals surface area contributed by atoms with E-state index >= 15 is 0 Å². The molecule has 0 bridgehead atoms. The summed E-state index contributed by atoms with van der Waals surface area (Å²) < 4.78 is 0. The average Bonchev–Trinajstić information content (AvgIpc) is 3.31. The topological polar surface area (TPSA) is 58.4 Å². The number of nitrogens with zero attached hydrogens (tertiary/aromatic N) is 1. The zero-order chi connectivity index (χ0) is 15.0. The van der Waals surface area contributed by atoms with E-state index in [0.29, 0.717) is 12.0 Å². The quantitative estimate of drug-likeness (QED) is 0.752. The monoisotopic (exact) mass is 293 g/mol. The summed E-state index contributed by atoms with van der Waals surface area (Å²) >= 11 is 0. The Kier molecular flexibility index (Phi) is 4.28. The molecule has 1 unspecified atom stereocenters. The van der Waals surface area contributed by atoms with E-state index < -0.39 is 5.54 Å². The fraction of sp³-hybridized carbons (Fsp3) is 0.941. The van der Waals surface area contributed by atoms with Gasteiger partial charge in [-0.2, -0.15) is 0 Å². The first-order valence-electron chi connectivity index (χ1n) is 8.81. The van der Waals surface area contributed by atoms with Gasteiger partial charge in [0.25, 0.3) is 0 Å². The molecule has 3 fully saturated rings. The Labute approximate surface area is 128 Å². The molecule has 0 spiro atoms. The fourth-order valence-electron chi connectivity index (χ4n) is 3.94. The number of primary amides is 1. The Morgan fingerprint density at radius 3 is 2.24 bits per heavy atom. The van der Waals surface area contributed by atoms with E-state index in [1.165, 1.54) is 25.7 Å². The first-order valence-corrected chi connectivity index (χ1v) is 8.81. The Hall–Kier alpha value is -0.610. The van der Waals surface area contributed by atoms with Gasteiger partial charge in [0.05, 0.1) is 0 Å². The van der Waals surface area contributed by atoms with Crippen LogP contribution in [0.5, 0.6) is 0 Å². The Morgan fingerprint density at radius 1 is 1.19 bits per heavy atom. The summed E-state index contributed by atoms with van der Waals surface area (Å²) in [6.45, 7) is 7.72. The lowest BCUT2D eigenvalue weighted by molar-refractivity contribution is -0.126. The van der Waals surface area contributed by atoms with Crippen LogP contribution in [-0.4, -0.2) is 42.0 Å². The minimum absolute atomic E-state index is 0.122. The van der Waals surface area contributed by atoms with Crippen molar-refractivity contribution < 1.29 is 4.79 Å². The van der Waals surface area contributed by atoms with Crippen molar-refractivity contribution >= 4 is 5.91 Å². The van der Waals surface area contributed by atoms with E-state index in [1.54, 1.807) is 0 Å². The average molecular weight is 293 g/mol. The molecule has 1 saturated heterocycles. The molecule has 1 amide bonds. The SMILES string of the molecule is CC(C)C1CCN(CC(NC2CC2)(C(N)=O)C2CC2)CC1. The lowest BCUT2D eigenvalue weighted by Crippen LogP contribution is -2.64. The van der Waals surface area contributed by atoms with Crippen molar-refractivity contribution in [1.82, 2.24) is 10.2 Å². The molecule has 0 aromatic carbocycles. The Balaban J connectivity index is 1.63. The molecule has 0 aromatic rings. The number of amides is 1. The molecule has 2 saturated carbocycles. The highest BCUT2D eigenvalue weighted by Gasteiger charge is 2.52. The minimum Gasteiger partial charge on any atom is -0.368 e. The molecule has 0 radical (unpaired) electrons. The van der Waals surface area contributed by atoms with Gasteiger partial charge in [-0.05, 0) is 69.4 Å². The standard InChI is InChI=1S/C17H31N3O/c1-12(2)13-7-9-20(10-8-13)11-17(16(18)21,14-3-4-14)19-15-5-6-15/h12-15,19H,3-11H2,1-2H3,(H2,18,21). The van der Waals surface area contributed by atoms with Crippen molar-refractivity contribution in [2.24, 2.45) is 23.5 Å². The van der Waals surface area contributed by atoms with Gasteiger partial charge in [-0.25, -0.2) is 0 Å². The van der Waals surface area contributed by atoms with Crippen molar-refractivity contribution in [3.63, 3.8) is 0 Å². The van der Waals surface area contributed by atoms with Crippen LogP contribution in [0.25, 0.3) is 0 Å². The van der Waals surface area contributed by atoms with Crippen LogP contribution in [0, 0.1) is 17.8 Å². The highest BCUT2D eigenvalue weighted by Crippen LogP contribution is 2.42. The molecule has 120 valence electrons. The largest absolute Gasteiger partial charge is 0.368 e. The third kappa shape index (κ3) is 3.42. The molecule has 4 heteroatoms. The van der Waals surface area contributed by atoms with Crippen LogP contribution in [0.2, 0.25) is 0 Å². The van der Waals surface area contributed by atoms with Crippen molar-refractivity contribution in [3.8, 4) is 0 Å². The van der Waals surface area contributed by atoms with E-state index in [4.69, 9.17) is 5.73 Å². The fourth-order valence-corrected chi connectivity index (χ4v) is 3.94. The lowest BCUT2D eigenvalue weighted by Gasteiger charge is -2.41. The number of carbonyl (C=O) groups is 1. The van der Waals surface area contributed by atoms with Gasteiger partial charge >= 0.3 is 0 Å². The third-order valence-corrected chi connectivity index (χ3v) is 5.80. The molecule has 3 aliphatic rings. The number of hydrogen-bond acceptors (Lipinski definition) is 3. The van der Waals surface area contributed by atoms with E-state index in [0.717, 1.165) is 44.3 Å². The molecule has 1 heterocycles. The van der Waals surface area contributed by atoms with Gasteiger partial charge in [-0.15, -0.1) is 0 Å². The predicted octanol–water partition coefficient (Wildman–Crippen LogP) is 1.74. The molecule has 4 nitrogen and oxygen atoms in total. The van der Waals surface area contributed by atoms with Gasteiger partial charge in [-0.1, -0.05) is 13.8 Å². The molecular weight excluding hydrogens is 262 g/mol. The molecule has 1 aliphatic heterocycles. The highest BCUT2D eigenvalue weighted by atomic mass is 16.1. The summed E-state index contributed by atoms with van der Waals surface area (Å²) in [7, 11) is 0. The number of nitrogens with two attached hydrogens (primary N) is 1.